The van der Waals surface area contributed by atoms with Crippen molar-refractivity contribution in [2.24, 2.45) is 0 Å². The summed E-state index contributed by atoms with van der Waals surface area (Å²) < 4.78 is 12.0. The number of benzene rings is 4. The zero-order valence-electron chi connectivity index (χ0n) is 22.6. The number of aliphatic carboxylic acids is 1. The zero-order valence-corrected chi connectivity index (χ0v) is 23.4. The summed E-state index contributed by atoms with van der Waals surface area (Å²) in [6.07, 6.45) is 0.184. The molecular weight excluding hydrogens is 550 g/mol. The van der Waals surface area contributed by atoms with E-state index in [0.717, 1.165) is 38.8 Å². The first kappa shape index (κ1) is 29.0. The molecule has 1 aliphatic carbocycles. The lowest BCUT2D eigenvalue weighted by atomic mass is 9.93. The van der Waals surface area contributed by atoms with Gasteiger partial charge in [-0.05, 0) is 61.1 Å². The van der Waals surface area contributed by atoms with Crippen molar-refractivity contribution in [3.8, 4) is 22.5 Å². The molecule has 1 saturated carbocycles. The van der Waals surface area contributed by atoms with Crippen LogP contribution in [0.3, 0.4) is 0 Å². The summed E-state index contributed by atoms with van der Waals surface area (Å²) in [5.74, 6) is -0.238. The smallest absolute Gasteiger partial charge is 0.412 e. The Morgan fingerprint density at radius 1 is 0.905 bits per heavy atom. The summed E-state index contributed by atoms with van der Waals surface area (Å²) in [6.45, 7) is 3.73. The van der Waals surface area contributed by atoms with Crippen LogP contribution in [-0.2, 0) is 14.9 Å². The van der Waals surface area contributed by atoms with Crippen LogP contribution >= 0.6 is 11.6 Å². The van der Waals surface area contributed by atoms with Crippen LogP contribution in [0.5, 0.6) is 0 Å². The van der Waals surface area contributed by atoms with E-state index in [1.54, 1.807) is 13.0 Å². The fourth-order valence-electron chi connectivity index (χ4n) is 5.29. The molecule has 0 radical (unpaired) electrons. The number of anilines is 1. The molecule has 1 amide bonds. The van der Waals surface area contributed by atoms with Crippen LogP contribution in [0.25, 0.3) is 33.4 Å². The second-order valence-corrected chi connectivity index (χ2v) is 10.9. The number of fused-ring (bicyclic) bond motifs is 1. The molecule has 0 aliphatic heterocycles. The van der Waals surface area contributed by atoms with Gasteiger partial charge in [-0.1, -0.05) is 97.9 Å². The maximum absolute atomic E-state index is 13.0. The van der Waals surface area contributed by atoms with Crippen molar-refractivity contribution in [2.45, 2.75) is 45.6 Å². The number of ether oxygens (including phenoxy) is 1. The molecule has 5 aromatic rings. The van der Waals surface area contributed by atoms with Gasteiger partial charge in [-0.2, -0.15) is 0 Å². The van der Waals surface area contributed by atoms with Crippen LogP contribution in [-0.4, -0.2) is 17.2 Å². The molecule has 2 N–H and O–H groups in total. The average Bonchev–Trinajstić information content (AvgIpc) is 3.71. The fourth-order valence-corrected chi connectivity index (χ4v) is 5.58. The number of furan rings is 1. The molecule has 6 nitrogen and oxygen atoms in total. The van der Waals surface area contributed by atoms with E-state index in [9.17, 15) is 14.7 Å². The molecule has 0 unspecified atom stereocenters. The Bertz CT molecular complexity index is 1770. The fraction of sp³-hybridized carbons (Fsp3) is 0.200. The van der Waals surface area contributed by atoms with Crippen LogP contribution < -0.4 is 5.32 Å². The highest BCUT2D eigenvalue weighted by atomic mass is 35.5. The Labute approximate surface area is 249 Å². The highest BCUT2D eigenvalue weighted by molar-refractivity contribution is 6.31. The lowest BCUT2D eigenvalue weighted by molar-refractivity contribution is -0.140. The Kier molecular flexibility index (Phi) is 7.85. The van der Waals surface area contributed by atoms with Gasteiger partial charge < -0.3 is 14.3 Å². The number of carboxylic acids is 1. The minimum atomic E-state index is -0.762. The van der Waals surface area contributed by atoms with E-state index in [1.807, 2.05) is 91.9 Å². The standard InChI is InChI=1S/C34H28ClNO5.CH4/c1-20-6-5-8-27-29(36-33(39)40-21(2)26-7-3-4-9-28(26)35)31(41-30(20)27)24-12-10-22(11-13-24)23-14-16-25(17-15-23)34(18-19-34)32(37)38;/h3-17,21H,18-19H2,1-2H3,(H,36,39)(H,37,38);1H4/t21-;/m1./s1. The lowest BCUT2D eigenvalue weighted by Gasteiger charge is -2.15. The Morgan fingerprint density at radius 3 is 2.14 bits per heavy atom. The third kappa shape index (κ3) is 5.26. The van der Waals surface area contributed by atoms with E-state index < -0.39 is 23.6 Å². The van der Waals surface area contributed by atoms with Crippen molar-refractivity contribution in [3.63, 3.8) is 0 Å². The molecule has 1 atom stereocenters. The number of hydrogen-bond acceptors (Lipinski definition) is 4. The predicted molar refractivity (Wildman–Crippen MR) is 167 cm³/mol. The molecular formula is C35H32ClNO5. The van der Waals surface area contributed by atoms with E-state index in [0.29, 0.717) is 34.9 Å². The molecule has 0 bridgehead atoms. The molecule has 1 aliphatic rings. The molecule has 0 spiro atoms. The molecule has 1 heterocycles. The first-order valence-electron chi connectivity index (χ1n) is 13.5. The monoisotopic (exact) mass is 581 g/mol. The van der Waals surface area contributed by atoms with E-state index in [4.69, 9.17) is 20.8 Å². The maximum atomic E-state index is 13.0. The first-order valence-corrected chi connectivity index (χ1v) is 13.8. The van der Waals surface area contributed by atoms with Crippen LogP contribution in [0.2, 0.25) is 5.02 Å². The van der Waals surface area contributed by atoms with Crippen LogP contribution in [0.4, 0.5) is 10.5 Å². The lowest BCUT2D eigenvalue weighted by Crippen LogP contribution is -2.19. The van der Waals surface area contributed by atoms with Gasteiger partial charge in [-0.25, -0.2) is 4.79 Å². The third-order valence-electron chi connectivity index (χ3n) is 7.84. The van der Waals surface area contributed by atoms with Crippen LogP contribution in [0.15, 0.2) is 95.4 Å². The topological polar surface area (TPSA) is 88.8 Å². The largest absolute Gasteiger partial charge is 0.481 e. The van der Waals surface area contributed by atoms with Gasteiger partial charge in [0, 0.05) is 21.5 Å². The molecule has 4 aromatic carbocycles. The molecule has 214 valence electrons. The van der Waals surface area contributed by atoms with E-state index in [-0.39, 0.29) is 7.43 Å². The van der Waals surface area contributed by atoms with Crippen molar-refractivity contribution in [1.29, 1.82) is 0 Å². The Balaban J connectivity index is 0.00000353. The number of carbonyl (C=O) groups is 2. The predicted octanol–water partition coefficient (Wildman–Crippen LogP) is 9.79. The summed E-state index contributed by atoms with van der Waals surface area (Å²) in [6, 6.07) is 28.6. The van der Waals surface area contributed by atoms with Gasteiger partial charge in [0.15, 0.2) is 5.76 Å². The number of hydrogen-bond donors (Lipinski definition) is 2. The molecule has 0 saturated heterocycles. The first-order chi connectivity index (χ1) is 19.8. The Morgan fingerprint density at radius 2 is 1.52 bits per heavy atom. The quantitative estimate of drug-likeness (QED) is 0.200. The van der Waals surface area contributed by atoms with Gasteiger partial charge >= 0.3 is 12.1 Å². The van der Waals surface area contributed by atoms with E-state index >= 15 is 0 Å². The number of carboxylic acid groups (broad SMARTS) is 1. The van der Waals surface area contributed by atoms with Gasteiger partial charge in [0.25, 0.3) is 0 Å². The van der Waals surface area contributed by atoms with Gasteiger partial charge in [0.1, 0.15) is 11.7 Å². The molecule has 7 heteroatoms. The average molecular weight is 582 g/mol. The van der Waals surface area contributed by atoms with Crippen molar-refractivity contribution >= 4 is 40.3 Å². The van der Waals surface area contributed by atoms with E-state index in [2.05, 4.69) is 5.32 Å². The normalized spacial score (nSPS) is 14.1. The second-order valence-electron chi connectivity index (χ2n) is 10.5. The number of amides is 1. The Hall–Kier alpha value is -4.55. The highest BCUT2D eigenvalue weighted by Gasteiger charge is 2.51. The molecule has 42 heavy (non-hydrogen) atoms. The zero-order chi connectivity index (χ0) is 28.7. The molecule has 6 rings (SSSR count). The van der Waals surface area contributed by atoms with Crippen molar-refractivity contribution in [1.82, 2.24) is 0 Å². The number of carbonyl (C=O) groups excluding carboxylic acids is 1. The molecule has 1 aromatic heterocycles. The van der Waals surface area contributed by atoms with Gasteiger partial charge in [-0.3, -0.25) is 10.1 Å². The van der Waals surface area contributed by atoms with Crippen LogP contribution in [0.1, 0.15) is 50.0 Å². The minimum absolute atomic E-state index is 0. The van der Waals surface area contributed by atoms with Crippen molar-refractivity contribution in [2.75, 3.05) is 5.32 Å². The van der Waals surface area contributed by atoms with Gasteiger partial charge in [-0.15, -0.1) is 0 Å². The minimum Gasteiger partial charge on any atom is -0.481 e. The highest BCUT2D eigenvalue weighted by Crippen LogP contribution is 2.48. The van der Waals surface area contributed by atoms with Gasteiger partial charge in [0.05, 0.1) is 11.1 Å². The summed E-state index contributed by atoms with van der Waals surface area (Å²) in [7, 11) is 0. The van der Waals surface area contributed by atoms with Crippen LogP contribution in [0, 0.1) is 6.92 Å². The summed E-state index contributed by atoms with van der Waals surface area (Å²) in [5, 5.41) is 13.8. The number of aryl methyl sites for hydroxylation is 1. The maximum Gasteiger partial charge on any atom is 0.412 e. The second kappa shape index (κ2) is 11.4. The van der Waals surface area contributed by atoms with E-state index in [1.165, 1.54) is 0 Å². The van der Waals surface area contributed by atoms with Crippen molar-refractivity contribution in [3.05, 3.63) is 113 Å². The third-order valence-corrected chi connectivity index (χ3v) is 8.19. The van der Waals surface area contributed by atoms with Gasteiger partial charge in [0.2, 0.25) is 0 Å². The number of rotatable bonds is 7. The summed E-state index contributed by atoms with van der Waals surface area (Å²) in [5.41, 5.74) is 5.75. The summed E-state index contributed by atoms with van der Waals surface area (Å²) in [4.78, 5) is 24.7. The summed E-state index contributed by atoms with van der Waals surface area (Å²) >= 11 is 6.30. The van der Waals surface area contributed by atoms with Crippen molar-refractivity contribution < 1.29 is 23.8 Å². The molecule has 1 fully saturated rings. The number of para-hydroxylation sites is 1. The number of halogens is 1. The number of nitrogens with one attached hydrogen (secondary N) is 1. The SMILES string of the molecule is C.Cc1cccc2c(NC(=O)O[C@H](C)c3ccccc3Cl)c(-c3ccc(-c4ccc(C5(C(=O)O)CC5)cc4)cc3)oc12.